The molecule has 3 N–H and O–H groups in total. The van der Waals surface area contributed by atoms with Crippen LogP contribution in [0.2, 0.25) is 0 Å². The highest BCUT2D eigenvalue weighted by Gasteiger charge is 2.42. The molecule has 1 fully saturated rings. The number of carbonyl (C=O) groups is 2. The predicted octanol–water partition coefficient (Wildman–Crippen LogP) is 2.24. The second-order valence-electron chi connectivity index (χ2n) is 7.43. The molecule has 2 amide bonds. The van der Waals surface area contributed by atoms with E-state index in [4.69, 9.17) is 0 Å². The summed E-state index contributed by atoms with van der Waals surface area (Å²) >= 11 is 0. The summed E-state index contributed by atoms with van der Waals surface area (Å²) in [6, 6.07) is 9.15. The molecule has 1 aliphatic carbocycles. The van der Waals surface area contributed by atoms with Crippen molar-refractivity contribution in [3.8, 4) is 0 Å². The molecular weight excluding hydrogens is 481 g/mol. The number of hydrogen-bond donors (Lipinski definition) is 3. The minimum absolute atomic E-state index is 0. The first-order valence-corrected chi connectivity index (χ1v) is 10.1. The molecule has 8 heteroatoms. The van der Waals surface area contributed by atoms with Gasteiger partial charge in [0, 0.05) is 39.3 Å². The van der Waals surface area contributed by atoms with Crippen molar-refractivity contribution >= 4 is 41.8 Å². The number of hydrogen-bond acceptors (Lipinski definition) is 3. The number of nitrogens with zero attached hydrogens (tertiary/aromatic N) is 2. The van der Waals surface area contributed by atoms with Crippen molar-refractivity contribution in [2.45, 2.75) is 32.6 Å². The quantitative estimate of drug-likeness (QED) is 0.215. The largest absolute Gasteiger partial charge is 0.357 e. The third-order valence-electron chi connectivity index (χ3n) is 5.04. The first-order chi connectivity index (χ1) is 13.5. The van der Waals surface area contributed by atoms with E-state index in [0.29, 0.717) is 31.2 Å². The SMILES string of the molecule is CCNC(=NCC1(C(=O)N(C)C)CCCC1)NCCNC(=O)c1ccccc1.I. The maximum atomic E-state index is 12.7. The average Bonchev–Trinajstić information content (AvgIpc) is 3.19. The maximum absolute atomic E-state index is 12.7. The predicted molar refractivity (Wildman–Crippen MR) is 128 cm³/mol. The monoisotopic (exact) mass is 515 g/mol. The molecule has 0 aromatic heterocycles. The van der Waals surface area contributed by atoms with E-state index in [9.17, 15) is 9.59 Å². The van der Waals surface area contributed by atoms with Crippen molar-refractivity contribution in [2.24, 2.45) is 10.4 Å². The molecule has 162 valence electrons. The van der Waals surface area contributed by atoms with Crippen LogP contribution in [0, 0.1) is 5.41 Å². The van der Waals surface area contributed by atoms with Crippen LogP contribution >= 0.6 is 24.0 Å². The summed E-state index contributed by atoms with van der Waals surface area (Å²) in [5.74, 6) is 0.750. The first-order valence-electron chi connectivity index (χ1n) is 10.1. The van der Waals surface area contributed by atoms with E-state index in [1.54, 1.807) is 17.0 Å². The van der Waals surface area contributed by atoms with Crippen molar-refractivity contribution in [2.75, 3.05) is 40.3 Å². The molecule has 0 heterocycles. The molecule has 29 heavy (non-hydrogen) atoms. The second-order valence-corrected chi connectivity index (χ2v) is 7.43. The van der Waals surface area contributed by atoms with Gasteiger partial charge in [0.05, 0.1) is 12.0 Å². The zero-order valence-electron chi connectivity index (χ0n) is 17.7. The number of aliphatic imine (C=N–C) groups is 1. The molecule has 7 nitrogen and oxygen atoms in total. The Morgan fingerprint density at radius 1 is 1.03 bits per heavy atom. The molecule has 1 aliphatic rings. The Bertz CT molecular complexity index is 673. The van der Waals surface area contributed by atoms with E-state index >= 15 is 0 Å². The van der Waals surface area contributed by atoms with Gasteiger partial charge in [0.1, 0.15) is 0 Å². The Kier molecular flexibility index (Phi) is 11.0. The van der Waals surface area contributed by atoms with Crippen LogP contribution < -0.4 is 16.0 Å². The van der Waals surface area contributed by atoms with Gasteiger partial charge in [0.15, 0.2) is 5.96 Å². The van der Waals surface area contributed by atoms with Crippen LogP contribution in [-0.4, -0.2) is 62.9 Å². The summed E-state index contributed by atoms with van der Waals surface area (Å²) in [5.41, 5.74) is 0.265. The average molecular weight is 515 g/mol. The Balaban J connectivity index is 0.00000420. The Labute approximate surface area is 191 Å². The van der Waals surface area contributed by atoms with E-state index < -0.39 is 0 Å². The van der Waals surface area contributed by atoms with Gasteiger partial charge in [0.25, 0.3) is 5.91 Å². The van der Waals surface area contributed by atoms with Gasteiger partial charge in [-0.3, -0.25) is 14.6 Å². The van der Waals surface area contributed by atoms with Gasteiger partial charge in [-0.15, -0.1) is 24.0 Å². The van der Waals surface area contributed by atoms with E-state index in [-0.39, 0.29) is 41.2 Å². The van der Waals surface area contributed by atoms with Gasteiger partial charge in [-0.25, -0.2) is 0 Å². The lowest BCUT2D eigenvalue weighted by atomic mass is 9.85. The normalized spacial score (nSPS) is 15.2. The lowest BCUT2D eigenvalue weighted by molar-refractivity contribution is -0.138. The third-order valence-corrected chi connectivity index (χ3v) is 5.04. The van der Waals surface area contributed by atoms with Crippen LogP contribution in [-0.2, 0) is 4.79 Å². The summed E-state index contributed by atoms with van der Waals surface area (Å²) < 4.78 is 0. The number of carbonyl (C=O) groups excluding carboxylic acids is 2. The smallest absolute Gasteiger partial charge is 0.251 e. The maximum Gasteiger partial charge on any atom is 0.251 e. The van der Waals surface area contributed by atoms with Crippen LogP contribution in [0.4, 0.5) is 0 Å². The summed E-state index contributed by atoms with van der Waals surface area (Å²) in [6.07, 6.45) is 3.93. The lowest BCUT2D eigenvalue weighted by Gasteiger charge is -2.29. The van der Waals surface area contributed by atoms with Crippen molar-refractivity contribution in [3.05, 3.63) is 35.9 Å². The molecule has 1 saturated carbocycles. The molecule has 0 unspecified atom stereocenters. The van der Waals surface area contributed by atoms with Gasteiger partial charge in [0.2, 0.25) is 5.91 Å². The number of amides is 2. The summed E-state index contributed by atoms with van der Waals surface area (Å²) in [7, 11) is 3.62. The van der Waals surface area contributed by atoms with Gasteiger partial charge >= 0.3 is 0 Å². The Morgan fingerprint density at radius 3 is 2.24 bits per heavy atom. The number of halogens is 1. The second kappa shape index (κ2) is 12.7. The van der Waals surface area contributed by atoms with E-state index in [0.717, 1.165) is 32.2 Å². The molecule has 0 aliphatic heterocycles. The molecule has 0 radical (unpaired) electrons. The number of guanidine groups is 1. The van der Waals surface area contributed by atoms with Crippen LogP contribution in [0.25, 0.3) is 0 Å². The fourth-order valence-corrected chi connectivity index (χ4v) is 3.59. The van der Waals surface area contributed by atoms with Gasteiger partial charge in [-0.1, -0.05) is 31.0 Å². The topological polar surface area (TPSA) is 85.8 Å². The molecule has 2 rings (SSSR count). The Morgan fingerprint density at radius 2 is 1.66 bits per heavy atom. The molecule has 1 aromatic rings. The van der Waals surface area contributed by atoms with Crippen molar-refractivity contribution in [1.82, 2.24) is 20.9 Å². The standard InChI is InChI=1S/C21H33N5O2.HI/c1-4-22-20(24-15-14-23-18(27)17-10-6-5-7-11-17)25-16-21(12-8-9-13-21)19(28)26(2)3;/h5-7,10-11H,4,8-9,12-16H2,1-3H3,(H,23,27)(H2,22,24,25);1H. The van der Waals surface area contributed by atoms with E-state index in [1.807, 2.05) is 39.2 Å². The highest BCUT2D eigenvalue weighted by Crippen LogP contribution is 2.39. The molecule has 1 aromatic carbocycles. The fourth-order valence-electron chi connectivity index (χ4n) is 3.59. The first kappa shape index (κ1) is 25.2. The number of benzene rings is 1. The molecule has 0 atom stereocenters. The van der Waals surface area contributed by atoms with Crippen LogP contribution in [0.1, 0.15) is 43.0 Å². The molecular formula is C21H34IN5O2. The summed E-state index contributed by atoms with van der Waals surface area (Å²) in [4.78, 5) is 31.1. The molecule has 0 saturated heterocycles. The lowest BCUT2D eigenvalue weighted by Crippen LogP contribution is -2.44. The Hall–Kier alpha value is -1.84. The van der Waals surface area contributed by atoms with Crippen molar-refractivity contribution in [1.29, 1.82) is 0 Å². The zero-order valence-corrected chi connectivity index (χ0v) is 20.0. The number of rotatable bonds is 8. The van der Waals surface area contributed by atoms with Crippen molar-refractivity contribution in [3.63, 3.8) is 0 Å². The van der Waals surface area contributed by atoms with Crippen LogP contribution in [0.3, 0.4) is 0 Å². The van der Waals surface area contributed by atoms with Gasteiger partial charge < -0.3 is 20.9 Å². The summed E-state index contributed by atoms with van der Waals surface area (Å²) in [6.45, 7) is 4.26. The molecule has 0 spiro atoms. The number of nitrogens with one attached hydrogen (secondary N) is 3. The van der Waals surface area contributed by atoms with E-state index in [1.165, 1.54) is 0 Å². The third kappa shape index (κ3) is 7.49. The van der Waals surface area contributed by atoms with E-state index in [2.05, 4.69) is 20.9 Å². The fraction of sp³-hybridized carbons (Fsp3) is 0.571. The van der Waals surface area contributed by atoms with Gasteiger partial charge in [-0.05, 0) is 31.9 Å². The van der Waals surface area contributed by atoms with Crippen molar-refractivity contribution < 1.29 is 9.59 Å². The van der Waals surface area contributed by atoms with Gasteiger partial charge in [-0.2, -0.15) is 0 Å². The zero-order chi connectivity index (χ0) is 20.4. The summed E-state index contributed by atoms with van der Waals surface area (Å²) in [5, 5.41) is 9.34. The highest BCUT2D eigenvalue weighted by molar-refractivity contribution is 14.0. The van der Waals surface area contributed by atoms with Crippen LogP contribution in [0.5, 0.6) is 0 Å². The molecule has 0 bridgehead atoms. The van der Waals surface area contributed by atoms with Crippen LogP contribution in [0.15, 0.2) is 35.3 Å². The highest BCUT2D eigenvalue weighted by atomic mass is 127. The minimum Gasteiger partial charge on any atom is -0.357 e. The minimum atomic E-state index is -0.382.